The van der Waals surface area contributed by atoms with Crippen LogP contribution in [0.2, 0.25) is 0 Å². The fourth-order valence-corrected chi connectivity index (χ4v) is 1.02. The SMILES string of the molecule is CC(C)(C)OC(=O)Nc1[nH]ccc1[N+](=O)[O-]. The Bertz CT molecular complexity index is 405. The summed E-state index contributed by atoms with van der Waals surface area (Å²) in [4.78, 5) is 23.8. The van der Waals surface area contributed by atoms with Gasteiger partial charge in [-0.05, 0) is 20.8 Å². The second-order valence-electron chi connectivity index (χ2n) is 4.12. The van der Waals surface area contributed by atoms with E-state index in [4.69, 9.17) is 4.74 Å². The van der Waals surface area contributed by atoms with Gasteiger partial charge in [0.2, 0.25) is 0 Å². The van der Waals surface area contributed by atoms with E-state index in [0.717, 1.165) is 0 Å². The Balaban J connectivity index is 2.70. The molecule has 7 heteroatoms. The number of amides is 1. The molecular weight excluding hydrogens is 214 g/mol. The van der Waals surface area contributed by atoms with Gasteiger partial charge in [-0.15, -0.1) is 0 Å². The fourth-order valence-electron chi connectivity index (χ4n) is 1.02. The maximum Gasteiger partial charge on any atom is 0.413 e. The summed E-state index contributed by atoms with van der Waals surface area (Å²) in [6, 6.07) is 1.26. The maximum absolute atomic E-state index is 11.3. The highest BCUT2D eigenvalue weighted by Gasteiger charge is 2.21. The predicted molar refractivity (Wildman–Crippen MR) is 57.3 cm³/mol. The van der Waals surface area contributed by atoms with Crippen LogP contribution >= 0.6 is 0 Å². The third-order valence-corrected chi connectivity index (χ3v) is 1.55. The Morgan fingerprint density at radius 3 is 2.69 bits per heavy atom. The average Bonchev–Trinajstić information content (AvgIpc) is 2.47. The number of nitrogens with zero attached hydrogens (tertiary/aromatic N) is 1. The number of nitro groups is 1. The van der Waals surface area contributed by atoms with Crippen LogP contribution in [-0.2, 0) is 4.74 Å². The number of ether oxygens (including phenoxy) is 1. The minimum absolute atomic E-state index is 0.0132. The van der Waals surface area contributed by atoms with E-state index in [1.807, 2.05) is 0 Å². The van der Waals surface area contributed by atoms with Gasteiger partial charge < -0.3 is 9.72 Å². The first-order chi connectivity index (χ1) is 7.29. The molecule has 0 radical (unpaired) electrons. The number of anilines is 1. The number of nitrogens with one attached hydrogen (secondary N) is 2. The summed E-state index contributed by atoms with van der Waals surface area (Å²) in [6.07, 6.45) is 0.628. The highest BCUT2D eigenvalue weighted by atomic mass is 16.6. The van der Waals surface area contributed by atoms with Crippen LogP contribution in [0.4, 0.5) is 16.3 Å². The summed E-state index contributed by atoms with van der Waals surface area (Å²) in [5.74, 6) is 0.0132. The third kappa shape index (κ3) is 3.26. The second kappa shape index (κ2) is 4.21. The van der Waals surface area contributed by atoms with Crippen molar-refractivity contribution in [1.82, 2.24) is 4.98 Å². The van der Waals surface area contributed by atoms with Gasteiger partial charge in [-0.25, -0.2) is 4.79 Å². The van der Waals surface area contributed by atoms with Gasteiger partial charge in [0.1, 0.15) is 5.60 Å². The molecule has 0 atom stereocenters. The molecule has 2 N–H and O–H groups in total. The smallest absolute Gasteiger partial charge is 0.413 e. The molecule has 0 aromatic carbocycles. The zero-order chi connectivity index (χ0) is 12.3. The molecule has 0 saturated heterocycles. The molecule has 0 fully saturated rings. The largest absolute Gasteiger partial charge is 0.444 e. The molecule has 88 valence electrons. The molecule has 0 saturated carbocycles. The Labute approximate surface area is 91.9 Å². The molecule has 1 aromatic heterocycles. The summed E-state index contributed by atoms with van der Waals surface area (Å²) in [5.41, 5.74) is -0.850. The minimum Gasteiger partial charge on any atom is -0.444 e. The molecule has 0 aliphatic carbocycles. The molecule has 1 aromatic rings. The topological polar surface area (TPSA) is 97.3 Å². The highest BCUT2D eigenvalue weighted by Crippen LogP contribution is 2.22. The van der Waals surface area contributed by atoms with E-state index >= 15 is 0 Å². The first kappa shape index (κ1) is 12.0. The molecule has 0 aliphatic rings. The number of rotatable bonds is 2. The quantitative estimate of drug-likeness (QED) is 0.598. The van der Waals surface area contributed by atoms with Crippen molar-refractivity contribution in [2.45, 2.75) is 26.4 Å². The standard InChI is InChI=1S/C9H13N3O4/c1-9(2,3)16-8(13)11-7-6(12(14)15)4-5-10-7/h4-5,10H,1-3H3,(H,11,13). The van der Waals surface area contributed by atoms with Crippen molar-refractivity contribution in [3.63, 3.8) is 0 Å². The second-order valence-corrected chi connectivity index (χ2v) is 4.12. The number of aromatic nitrogens is 1. The van der Waals surface area contributed by atoms with Gasteiger partial charge in [0.25, 0.3) is 0 Å². The van der Waals surface area contributed by atoms with Crippen molar-refractivity contribution in [3.05, 3.63) is 22.4 Å². The third-order valence-electron chi connectivity index (χ3n) is 1.55. The van der Waals surface area contributed by atoms with Crippen molar-refractivity contribution >= 4 is 17.6 Å². The Morgan fingerprint density at radius 2 is 2.19 bits per heavy atom. The Morgan fingerprint density at radius 1 is 1.56 bits per heavy atom. The molecule has 7 nitrogen and oxygen atoms in total. The van der Waals surface area contributed by atoms with E-state index in [1.165, 1.54) is 12.3 Å². The normalized spacial score (nSPS) is 10.9. The summed E-state index contributed by atoms with van der Waals surface area (Å²) in [6.45, 7) is 5.11. The zero-order valence-corrected chi connectivity index (χ0v) is 9.23. The van der Waals surface area contributed by atoms with Crippen LogP contribution in [0.3, 0.4) is 0 Å². The van der Waals surface area contributed by atoms with E-state index in [-0.39, 0.29) is 11.5 Å². The molecule has 1 heterocycles. The monoisotopic (exact) mass is 227 g/mol. The molecular formula is C9H13N3O4. The van der Waals surface area contributed by atoms with Crippen molar-refractivity contribution < 1.29 is 14.5 Å². The highest BCUT2D eigenvalue weighted by molar-refractivity contribution is 5.86. The van der Waals surface area contributed by atoms with Crippen molar-refractivity contribution in [2.24, 2.45) is 0 Å². The summed E-state index contributed by atoms with van der Waals surface area (Å²) in [5, 5.41) is 12.8. The minimum atomic E-state index is -0.738. The lowest BCUT2D eigenvalue weighted by atomic mass is 10.2. The van der Waals surface area contributed by atoms with Crippen LogP contribution in [-0.4, -0.2) is 21.6 Å². The predicted octanol–water partition coefficient (Wildman–Crippen LogP) is 2.27. The number of hydrogen-bond donors (Lipinski definition) is 2. The lowest BCUT2D eigenvalue weighted by molar-refractivity contribution is -0.383. The number of H-pyrrole nitrogens is 1. The lowest BCUT2D eigenvalue weighted by Gasteiger charge is -2.19. The number of carbonyl (C=O) groups excluding carboxylic acids is 1. The summed E-state index contributed by atoms with van der Waals surface area (Å²) < 4.78 is 4.95. The molecule has 16 heavy (non-hydrogen) atoms. The van der Waals surface area contributed by atoms with E-state index in [9.17, 15) is 14.9 Å². The van der Waals surface area contributed by atoms with Crippen LogP contribution in [0.15, 0.2) is 12.3 Å². The molecule has 1 rings (SSSR count). The Kier molecular flexibility index (Phi) is 3.17. The summed E-state index contributed by atoms with van der Waals surface area (Å²) in [7, 11) is 0. The van der Waals surface area contributed by atoms with Crippen LogP contribution in [0.5, 0.6) is 0 Å². The molecule has 0 spiro atoms. The van der Waals surface area contributed by atoms with Gasteiger partial charge in [0.15, 0.2) is 5.82 Å². The van der Waals surface area contributed by atoms with E-state index in [0.29, 0.717) is 0 Å². The average molecular weight is 227 g/mol. The Hall–Kier alpha value is -2.05. The van der Waals surface area contributed by atoms with Crippen LogP contribution in [0.1, 0.15) is 20.8 Å². The number of carbonyl (C=O) groups is 1. The van der Waals surface area contributed by atoms with E-state index in [2.05, 4.69) is 10.3 Å². The van der Waals surface area contributed by atoms with E-state index < -0.39 is 16.6 Å². The molecule has 0 unspecified atom stereocenters. The van der Waals surface area contributed by atoms with Gasteiger partial charge in [0.05, 0.1) is 4.92 Å². The van der Waals surface area contributed by atoms with Gasteiger partial charge in [-0.1, -0.05) is 0 Å². The van der Waals surface area contributed by atoms with Crippen molar-refractivity contribution in [1.29, 1.82) is 0 Å². The zero-order valence-electron chi connectivity index (χ0n) is 9.23. The molecule has 1 amide bonds. The van der Waals surface area contributed by atoms with Gasteiger partial charge >= 0.3 is 11.8 Å². The molecule has 0 bridgehead atoms. The fraction of sp³-hybridized carbons (Fsp3) is 0.444. The van der Waals surface area contributed by atoms with E-state index in [1.54, 1.807) is 20.8 Å². The van der Waals surface area contributed by atoms with Gasteiger partial charge in [0, 0.05) is 12.3 Å². The van der Waals surface area contributed by atoms with Crippen LogP contribution < -0.4 is 5.32 Å². The summed E-state index contributed by atoms with van der Waals surface area (Å²) >= 11 is 0. The first-order valence-corrected chi connectivity index (χ1v) is 4.61. The number of aromatic amines is 1. The van der Waals surface area contributed by atoms with Crippen LogP contribution in [0, 0.1) is 10.1 Å². The van der Waals surface area contributed by atoms with Gasteiger partial charge in [-0.2, -0.15) is 0 Å². The van der Waals surface area contributed by atoms with Crippen molar-refractivity contribution in [2.75, 3.05) is 5.32 Å². The maximum atomic E-state index is 11.3. The van der Waals surface area contributed by atoms with Gasteiger partial charge in [-0.3, -0.25) is 15.4 Å². The molecule has 0 aliphatic heterocycles. The van der Waals surface area contributed by atoms with Crippen molar-refractivity contribution in [3.8, 4) is 0 Å². The van der Waals surface area contributed by atoms with Crippen LogP contribution in [0.25, 0.3) is 0 Å². The number of hydrogen-bond acceptors (Lipinski definition) is 4. The lowest BCUT2D eigenvalue weighted by Crippen LogP contribution is -2.27. The first-order valence-electron chi connectivity index (χ1n) is 4.61.